The fourth-order valence-corrected chi connectivity index (χ4v) is 2.77. The maximum atomic E-state index is 13.7. The van der Waals surface area contributed by atoms with Gasteiger partial charge in [0.2, 0.25) is 10.0 Å². The fraction of sp³-hybridized carbons (Fsp3) is 0.455. The van der Waals surface area contributed by atoms with Crippen molar-refractivity contribution in [2.24, 2.45) is 0 Å². The Labute approximate surface area is 120 Å². The SMILES string of the molecule is CCC(C)(O)CNS(=O)(=O)c1cc(N)c(Br)cc1F. The normalized spacial score (nSPS) is 15.2. The summed E-state index contributed by atoms with van der Waals surface area (Å²) in [5.41, 5.74) is 4.46. The Bertz CT molecular complexity index is 576. The number of anilines is 1. The van der Waals surface area contributed by atoms with Crippen LogP contribution in [0.25, 0.3) is 0 Å². The molecule has 4 N–H and O–H groups in total. The molecule has 5 nitrogen and oxygen atoms in total. The number of nitrogen functional groups attached to an aromatic ring is 1. The van der Waals surface area contributed by atoms with Crippen LogP contribution in [0.2, 0.25) is 0 Å². The molecule has 0 aliphatic heterocycles. The van der Waals surface area contributed by atoms with Crippen LogP contribution < -0.4 is 10.5 Å². The van der Waals surface area contributed by atoms with Gasteiger partial charge in [0, 0.05) is 16.7 Å². The molecule has 1 unspecified atom stereocenters. The van der Waals surface area contributed by atoms with Gasteiger partial charge >= 0.3 is 0 Å². The van der Waals surface area contributed by atoms with Gasteiger partial charge in [0.15, 0.2) is 0 Å². The predicted molar refractivity (Wildman–Crippen MR) is 74.6 cm³/mol. The second-order valence-electron chi connectivity index (χ2n) is 4.48. The molecule has 0 aromatic heterocycles. The van der Waals surface area contributed by atoms with E-state index in [2.05, 4.69) is 20.7 Å². The van der Waals surface area contributed by atoms with Crippen LogP contribution in [0.15, 0.2) is 21.5 Å². The topological polar surface area (TPSA) is 92.4 Å². The number of halogens is 2. The predicted octanol–water partition coefficient (Wildman–Crippen LogP) is 1.61. The summed E-state index contributed by atoms with van der Waals surface area (Å²) < 4.78 is 40.0. The standard InChI is InChI=1S/C11H16BrFN2O3S/c1-3-11(2,16)6-15-19(17,18)10-5-9(14)7(12)4-8(10)13/h4-5,15-16H,3,6,14H2,1-2H3. The van der Waals surface area contributed by atoms with E-state index in [0.29, 0.717) is 6.42 Å². The van der Waals surface area contributed by atoms with Crippen molar-refractivity contribution in [2.75, 3.05) is 12.3 Å². The van der Waals surface area contributed by atoms with Crippen molar-refractivity contribution in [1.29, 1.82) is 0 Å². The first kappa shape index (κ1) is 16.4. The highest BCUT2D eigenvalue weighted by molar-refractivity contribution is 9.10. The zero-order valence-corrected chi connectivity index (χ0v) is 13.0. The summed E-state index contributed by atoms with van der Waals surface area (Å²) in [7, 11) is -4.06. The fourth-order valence-electron chi connectivity index (χ4n) is 1.20. The lowest BCUT2D eigenvalue weighted by Gasteiger charge is -2.21. The average molecular weight is 355 g/mol. The number of hydrogen-bond acceptors (Lipinski definition) is 4. The molecule has 0 bridgehead atoms. The number of benzene rings is 1. The minimum atomic E-state index is -4.06. The molecular weight excluding hydrogens is 339 g/mol. The van der Waals surface area contributed by atoms with E-state index in [1.54, 1.807) is 6.92 Å². The third-order valence-corrected chi connectivity index (χ3v) is 4.85. The summed E-state index contributed by atoms with van der Waals surface area (Å²) in [5, 5.41) is 9.75. The van der Waals surface area contributed by atoms with Gasteiger partial charge in [0.05, 0.1) is 5.60 Å². The monoisotopic (exact) mass is 354 g/mol. The van der Waals surface area contributed by atoms with Gasteiger partial charge in [-0.25, -0.2) is 17.5 Å². The number of nitrogens with two attached hydrogens (primary N) is 1. The Morgan fingerprint density at radius 3 is 2.63 bits per heavy atom. The second kappa shape index (κ2) is 5.74. The molecule has 1 atom stereocenters. The van der Waals surface area contributed by atoms with Crippen LogP contribution in [-0.4, -0.2) is 25.7 Å². The van der Waals surface area contributed by atoms with Crippen LogP contribution in [0.4, 0.5) is 10.1 Å². The number of nitrogens with one attached hydrogen (secondary N) is 1. The Hall–Kier alpha value is -0.700. The van der Waals surface area contributed by atoms with E-state index in [1.165, 1.54) is 6.92 Å². The Morgan fingerprint density at radius 1 is 1.53 bits per heavy atom. The van der Waals surface area contributed by atoms with E-state index in [9.17, 15) is 17.9 Å². The van der Waals surface area contributed by atoms with Gasteiger partial charge in [-0.3, -0.25) is 0 Å². The molecule has 19 heavy (non-hydrogen) atoms. The van der Waals surface area contributed by atoms with E-state index in [1.807, 2.05) is 0 Å². The second-order valence-corrected chi connectivity index (χ2v) is 7.07. The van der Waals surface area contributed by atoms with E-state index >= 15 is 0 Å². The van der Waals surface area contributed by atoms with E-state index in [0.717, 1.165) is 12.1 Å². The molecule has 0 aliphatic rings. The number of sulfonamides is 1. The molecule has 108 valence electrons. The van der Waals surface area contributed by atoms with Crippen molar-refractivity contribution in [3.8, 4) is 0 Å². The van der Waals surface area contributed by atoms with Gasteiger partial charge < -0.3 is 10.8 Å². The Kier molecular flexibility index (Phi) is 4.94. The minimum Gasteiger partial charge on any atom is -0.398 e. The van der Waals surface area contributed by atoms with Crippen LogP contribution in [0.5, 0.6) is 0 Å². The van der Waals surface area contributed by atoms with Crippen molar-refractivity contribution < 1.29 is 17.9 Å². The first-order valence-corrected chi connectivity index (χ1v) is 7.83. The highest BCUT2D eigenvalue weighted by atomic mass is 79.9. The average Bonchev–Trinajstić information content (AvgIpc) is 2.31. The van der Waals surface area contributed by atoms with Gasteiger partial charge in [-0.15, -0.1) is 0 Å². The molecule has 0 heterocycles. The van der Waals surface area contributed by atoms with Crippen LogP contribution in [-0.2, 0) is 10.0 Å². The molecule has 0 saturated heterocycles. The Balaban J connectivity index is 3.05. The molecule has 8 heteroatoms. The minimum absolute atomic E-state index is 0.115. The van der Waals surface area contributed by atoms with E-state index < -0.39 is 26.3 Å². The first-order valence-electron chi connectivity index (χ1n) is 5.55. The van der Waals surface area contributed by atoms with Crippen molar-refractivity contribution in [1.82, 2.24) is 4.72 Å². The molecule has 0 aliphatic carbocycles. The lowest BCUT2D eigenvalue weighted by atomic mass is 10.1. The lowest BCUT2D eigenvalue weighted by Crippen LogP contribution is -2.40. The molecule has 0 spiro atoms. The molecule has 1 aromatic carbocycles. The van der Waals surface area contributed by atoms with Crippen molar-refractivity contribution in [3.05, 3.63) is 22.4 Å². The summed E-state index contributed by atoms with van der Waals surface area (Å²) in [6.45, 7) is 3.00. The largest absolute Gasteiger partial charge is 0.398 e. The zero-order chi connectivity index (χ0) is 14.8. The third kappa shape index (κ3) is 4.13. The quantitative estimate of drug-likeness (QED) is 0.700. The smallest absolute Gasteiger partial charge is 0.243 e. The molecule has 0 saturated carbocycles. The van der Waals surface area contributed by atoms with Gasteiger partial charge in [-0.2, -0.15) is 0 Å². The van der Waals surface area contributed by atoms with Gasteiger partial charge in [0.25, 0.3) is 0 Å². The van der Waals surface area contributed by atoms with E-state index in [4.69, 9.17) is 5.73 Å². The highest BCUT2D eigenvalue weighted by Gasteiger charge is 2.25. The number of rotatable bonds is 5. The van der Waals surface area contributed by atoms with Crippen LogP contribution in [0, 0.1) is 5.82 Å². The van der Waals surface area contributed by atoms with Gasteiger partial charge in [-0.1, -0.05) is 6.92 Å². The molecule has 0 radical (unpaired) electrons. The van der Waals surface area contributed by atoms with Gasteiger partial charge in [-0.05, 0) is 41.4 Å². The maximum Gasteiger partial charge on any atom is 0.243 e. The summed E-state index contributed by atoms with van der Waals surface area (Å²) in [6, 6.07) is 2.02. The zero-order valence-electron chi connectivity index (χ0n) is 10.6. The van der Waals surface area contributed by atoms with Crippen LogP contribution >= 0.6 is 15.9 Å². The summed E-state index contributed by atoms with van der Waals surface area (Å²) in [5.74, 6) is -0.912. The first-order chi connectivity index (χ1) is 8.59. The lowest BCUT2D eigenvalue weighted by molar-refractivity contribution is 0.0613. The molecule has 1 rings (SSSR count). The van der Waals surface area contributed by atoms with Crippen LogP contribution in [0.3, 0.4) is 0 Å². The van der Waals surface area contributed by atoms with Crippen molar-refractivity contribution >= 4 is 31.6 Å². The molecule has 0 amide bonds. The Morgan fingerprint density at radius 2 is 2.11 bits per heavy atom. The van der Waals surface area contributed by atoms with Gasteiger partial charge in [0.1, 0.15) is 10.7 Å². The summed E-state index contributed by atoms with van der Waals surface area (Å²) >= 11 is 3.01. The highest BCUT2D eigenvalue weighted by Crippen LogP contribution is 2.26. The maximum absolute atomic E-state index is 13.7. The van der Waals surface area contributed by atoms with Crippen LogP contribution in [0.1, 0.15) is 20.3 Å². The molecule has 1 aromatic rings. The summed E-state index contributed by atoms with van der Waals surface area (Å²) in [4.78, 5) is -0.542. The summed E-state index contributed by atoms with van der Waals surface area (Å²) in [6.07, 6.45) is 0.362. The van der Waals surface area contributed by atoms with Crippen molar-refractivity contribution in [3.63, 3.8) is 0 Å². The molecule has 0 fully saturated rings. The molecular formula is C11H16BrFN2O3S. The number of aliphatic hydroxyl groups is 1. The van der Waals surface area contributed by atoms with Crippen molar-refractivity contribution in [2.45, 2.75) is 30.8 Å². The third-order valence-electron chi connectivity index (χ3n) is 2.75. The van der Waals surface area contributed by atoms with E-state index in [-0.39, 0.29) is 16.7 Å². The number of hydrogen-bond donors (Lipinski definition) is 3.